The van der Waals surface area contributed by atoms with E-state index in [1.165, 1.54) is 5.56 Å². The number of aryl methyl sites for hydroxylation is 1. The summed E-state index contributed by atoms with van der Waals surface area (Å²) in [6.07, 6.45) is 1.79. The monoisotopic (exact) mass is 244 g/mol. The molecule has 0 amide bonds. The standard InChI is InChI=1S/C15H20N2O/c1-11(2)8-16-10-15-17-9-14(18-15)13-6-4-12(3)5-7-13/h4-7,9,11,16H,8,10H2,1-3H3. The molecule has 0 saturated heterocycles. The molecule has 3 heteroatoms. The van der Waals surface area contributed by atoms with Crippen molar-refractivity contribution in [3.8, 4) is 11.3 Å². The zero-order chi connectivity index (χ0) is 13.0. The van der Waals surface area contributed by atoms with Gasteiger partial charge in [0.15, 0.2) is 5.76 Å². The molecule has 0 aliphatic heterocycles. The fourth-order valence-electron chi connectivity index (χ4n) is 1.71. The fourth-order valence-corrected chi connectivity index (χ4v) is 1.71. The minimum absolute atomic E-state index is 0.636. The highest BCUT2D eigenvalue weighted by Crippen LogP contribution is 2.20. The quantitative estimate of drug-likeness (QED) is 0.876. The maximum atomic E-state index is 5.72. The van der Waals surface area contributed by atoms with Gasteiger partial charge in [-0.25, -0.2) is 4.98 Å². The van der Waals surface area contributed by atoms with Crippen LogP contribution in [0.3, 0.4) is 0 Å². The maximum absolute atomic E-state index is 5.72. The Hall–Kier alpha value is -1.61. The third-order valence-corrected chi connectivity index (χ3v) is 2.72. The summed E-state index contributed by atoms with van der Waals surface area (Å²) in [6, 6.07) is 8.27. The Morgan fingerprint density at radius 2 is 1.94 bits per heavy atom. The van der Waals surface area contributed by atoms with Gasteiger partial charge in [-0.05, 0) is 19.4 Å². The molecule has 0 atom stereocenters. The van der Waals surface area contributed by atoms with Gasteiger partial charge in [0.1, 0.15) is 0 Å². The van der Waals surface area contributed by atoms with E-state index in [0.29, 0.717) is 12.5 Å². The third-order valence-electron chi connectivity index (χ3n) is 2.72. The summed E-state index contributed by atoms with van der Waals surface area (Å²) in [5.74, 6) is 2.21. The first-order chi connectivity index (χ1) is 8.65. The Morgan fingerprint density at radius 3 is 2.61 bits per heavy atom. The smallest absolute Gasteiger partial charge is 0.208 e. The molecule has 1 N–H and O–H groups in total. The number of rotatable bonds is 5. The zero-order valence-electron chi connectivity index (χ0n) is 11.2. The molecule has 0 radical (unpaired) electrons. The van der Waals surface area contributed by atoms with Gasteiger partial charge < -0.3 is 9.73 Å². The maximum Gasteiger partial charge on any atom is 0.208 e. The van der Waals surface area contributed by atoms with Gasteiger partial charge in [-0.3, -0.25) is 0 Å². The summed E-state index contributed by atoms with van der Waals surface area (Å²) < 4.78 is 5.72. The Morgan fingerprint density at radius 1 is 1.22 bits per heavy atom. The Labute approximate surface area is 108 Å². The van der Waals surface area contributed by atoms with Crippen LogP contribution in [0.5, 0.6) is 0 Å². The molecule has 1 aromatic carbocycles. The highest BCUT2D eigenvalue weighted by molar-refractivity contribution is 5.56. The van der Waals surface area contributed by atoms with Gasteiger partial charge in [-0.15, -0.1) is 0 Å². The lowest BCUT2D eigenvalue weighted by molar-refractivity contribution is 0.459. The van der Waals surface area contributed by atoms with Crippen molar-refractivity contribution < 1.29 is 4.42 Å². The van der Waals surface area contributed by atoms with Gasteiger partial charge in [0.25, 0.3) is 0 Å². The van der Waals surface area contributed by atoms with Crippen molar-refractivity contribution in [2.75, 3.05) is 6.54 Å². The summed E-state index contributed by atoms with van der Waals surface area (Å²) in [4.78, 5) is 4.28. The van der Waals surface area contributed by atoms with Crippen molar-refractivity contribution in [3.63, 3.8) is 0 Å². The minimum Gasteiger partial charge on any atom is -0.439 e. The van der Waals surface area contributed by atoms with Crippen LogP contribution in [0.15, 0.2) is 34.9 Å². The van der Waals surface area contributed by atoms with Gasteiger partial charge in [-0.1, -0.05) is 43.7 Å². The second kappa shape index (κ2) is 5.83. The largest absolute Gasteiger partial charge is 0.439 e. The summed E-state index contributed by atoms with van der Waals surface area (Å²) >= 11 is 0. The molecule has 0 fully saturated rings. The van der Waals surface area contributed by atoms with Gasteiger partial charge in [0.05, 0.1) is 12.7 Å². The van der Waals surface area contributed by atoms with E-state index >= 15 is 0 Å². The molecule has 0 aliphatic carbocycles. The van der Waals surface area contributed by atoms with Crippen molar-refractivity contribution in [2.45, 2.75) is 27.3 Å². The first-order valence-corrected chi connectivity index (χ1v) is 6.37. The summed E-state index contributed by atoms with van der Waals surface area (Å²) in [5.41, 5.74) is 2.32. The van der Waals surface area contributed by atoms with E-state index in [1.807, 2.05) is 0 Å². The molecule has 0 bridgehead atoms. The van der Waals surface area contributed by atoms with Crippen molar-refractivity contribution in [1.82, 2.24) is 10.3 Å². The van der Waals surface area contributed by atoms with Crippen molar-refractivity contribution in [3.05, 3.63) is 41.9 Å². The SMILES string of the molecule is Cc1ccc(-c2cnc(CNCC(C)C)o2)cc1. The van der Waals surface area contributed by atoms with E-state index in [4.69, 9.17) is 4.42 Å². The van der Waals surface area contributed by atoms with E-state index in [9.17, 15) is 0 Å². The number of nitrogens with zero attached hydrogens (tertiary/aromatic N) is 1. The van der Waals surface area contributed by atoms with Crippen molar-refractivity contribution >= 4 is 0 Å². The molecular formula is C15H20N2O. The highest BCUT2D eigenvalue weighted by Gasteiger charge is 2.06. The van der Waals surface area contributed by atoms with E-state index in [2.05, 4.69) is 55.3 Å². The fraction of sp³-hybridized carbons (Fsp3) is 0.400. The molecule has 3 nitrogen and oxygen atoms in total. The van der Waals surface area contributed by atoms with Crippen LogP contribution >= 0.6 is 0 Å². The number of nitrogens with one attached hydrogen (secondary N) is 1. The topological polar surface area (TPSA) is 38.1 Å². The van der Waals surface area contributed by atoms with Gasteiger partial charge in [-0.2, -0.15) is 0 Å². The lowest BCUT2D eigenvalue weighted by Crippen LogP contribution is -2.18. The number of benzene rings is 1. The molecule has 96 valence electrons. The second-order valence-electron chi connectivity index (χ2n) is 5.01. The minimum atomic E-state index is 0.636. The predicted molar refractivity (Wildman–Crippen MR) is 73.2 cm³/mol. The van der Waals surface area contributed by atoms with Crippen LogP contribution in [-0.4, -0.2) is 11.5 Å². The average molecular weight is 244 g/mol. The molecule has 0 aliphatic rings. The normalized spacial score (nSPS) is 11.1. The Bertz CT molecular complexity index is 485. The molecule has 1 aromatic heterocycles. The third kappa shape index (κ3) is 3.44. The number of oxazole rings is 1. The molecule has 0 saturated carbocycles. The van der Waals surface area contributed by atoms with E-state index < -0.39 is 0 Å². The first kappa shape index (κ1) is 12.8. The van der Waals surface area contributed by atoms with Crippen LogP contribution in [0.2, 0.25) is 0 Å². The molecule has 0 unspecified atom stereocenters. The number of aromatic nitrogens is 1. The van der Waals surface area contributed by atoms with Crippen molar-refractivity contribution in [1.29, 1.82) is 0 Å². The first-order valence-electron chi connectivity index (χ1n) is 6.37. The van der Waals surface area contributed by atoms with Crippen LogP contribution in [0, 0.1) is 12.8 Å². The molecule has 2 rings (SSSR count). The van der Waals surface area contributed by atoms with Gasteiger partial charge >= 0.3 is 0 Å². The Balaban J connectivity index is 1.99. The van der Waals surface area contributed by atoms with Crippen LogP contribution in [0.4, 0.5) is 0 Å². The molecule has 2 aromatic rings. The second-order valence-corrected chi connectivity index (χ2v) is 5.01. The van der Waals surface area contributed by atoms with Crippen LogP contribution in [0.1, 0.15) is 25.3 Å². The van der Waals surface area contributed by atoms with Gasteiger partial charge in [0, 0.05) is 5.56 Å². The van der Waals surface area contributed by atoms with E-state index in [-0.39, 0.29) is 0 Å². The lowest BCUT2D eigenvalue weighted by atomic mass is 10.1. The molecule has 1 heterocycles. The number of hydrogen-bond acceptors (Lipinski definition) is 3. The molecular weight excluding hydrogens is 224 g/mol. The van der Waals surface area contributed by atoms with Crippen LogP contribution in [0.25, 0.3) is 11.3 Å². The van der Waals surface area contributed by atoms with Crippen LogP contribution in [-0.2, 0) is 6.54 Å². The summed E-state index contributed by atoms with van der Waals surface area (Å²) in [7, 11) is 0. The average Bonchev–Trinajstić information content (AvgIpc) is 2.78. The van der Waals surface area contributed by atoms with Gasteiger partial charge in [0.2, 0.25) is 5.89 Å². The molecule has 0 spiro atoms. The summed E-state index contributed by atoms with van der Waals surface area (Å²) in [6.45, 7) is 8.10. The van der Waals surface area contributed by atoms with Crippen molar-refractivity contribution in [2.24, 2.45) is 5.92 Å². The number of hydrogen-bond donors (Lipinski definition) is 1. The predicted octanol–water partition coefficient (Wildman–Crippen LogP) is 3.40. The van der Waals surface area contributed by atoms with Crippen LogP contribution < -0.4 is 5.32 Å². The van der Waals surface area contributed by atoms with E-state index in [0.717, 1.165) is 23.8 Å². The van der Waals surface area contributed by atoms with E-state index in [1.54, 1.807) is 6.20 Å². The lowest BCUT2D eigenvalue weighted by Gasteiger charge is -2.04. The zero-order valence-corrected chi connectivity index (χ0v) is 11.2. The molecule has 18 heavy (non-hydrogen) atoms. The Kier molecular flexibility index (Phi) is 4.15. The highest BCUT2D eigenvalue weighted by atomic mass is 16.4. The summed E-state index contributed by atoms with van der Waals surface area (Å²) in [5, 5.41) is 3.32.